The molecule has 0 atom stereocenters. The molecule has 0 fully saturated rings. The Morgan fingerprint density at radius 1 is 1.12 bits per heavy atom. The molecular weight excluding hydrogens is 325 g/mol. The van der Waals surface area contributed by atoms with Crippen LogP contribution in [0.2, 0.25) is 10.0 Å². The molecule has 0 saturated carbocycles. The van der Waals surface area contributed by atoms with E-state index in [0.717, 1.165) is 10.2 Å². The SMILES string of the molecule is Nc1nc(Nc2ccc(Br)cc2)c(Cl)cc1Cl. The molecule has 2 rings (SSSR count). The van der Waals surface area contributed by atoms with E-state index >= 15 is 0 Å². The van der Waals surface area contributed by atoms with Gasteiger partial charge in [-0.15, -0.1) is 0 Å². The number of aromatic nitrogens is 1. The smallest absolute Gasteiger partial charge is 0.151 e. The van der Waals surface area contributed by atoms with Crippen LogP contribution in [0.4, 0.5) is 17.3 Å². The molecule has 0 unspecified atom stereocenters. The third kappa shape index (κ3) is 3.03. The standard InChI is InChI=1S/C11H8BrCl2N3/c12-6-1-3-7(4-2-6)16-11-9(14)5-8(13)10(15)17-11/h1-5H,(H3,15,16,17). The highest BCUT2D eigenvalue weighted by atomic mass is 79.9. The van der Waals surface area contributed by atoms with Gasteiger partial charge in [0.2, 0.25) is 0 Å². The first-order valence-electron chi connectivity index (χ1n) is 4.70. The Balaban J connectivity index is 2.30. The maximum absolute atomic E-state index is 6.01. The first-order valence-corrected chi connectivity index (χ1v) is 6.25. The molecule has 1 heterocycles. The van der Waals surface area contributed by atoms with Gasteiger partial charge in [0.05, 0.1) is 10.0 Å². The highest BCUT2D eigenvalue weighted by Gasteiger charge is 2.07. The van der Waals surface area contributed by atoms with Crippen molar-refractivity contribution in [3.8, 4) is 0 Å². The second-order valence-electron chi connectivity index (χ2n) is 3.32. The molecule has 3 N–H and O–H groups in total. The Morgan fingerprint density at radius 3 is 2.41 bits per heavy atom. The van der Waals surface area contributed by atoms with Gasteiger partial charge in [-0.25, -0.2) is 4.98 Å². The monoisotopic (exact) mass is 331 g/mol. The van der Waals surface area contributed by atoms with Crippen LogP contribution in [0.25, 0.3) is 0 Å². The topological polar surface area (TPSA) is 50.9 Å². The zero-order chi connectivity index (χ0) is 12.4. The van der Waals surface area contributed by atoms with E-state index in [2.05, 4.69) is 26.2 Å². The quantitative estimate of drug-likeness (QED) is 0.852. The highest BCUT2D eigenvalue weighted by Crippen LogP contribution is 2.29. The van der Waals surface area contributed by atoms with Crippen molar-refractivity contribution in [2.75, 3.05) is 11.1 Å². The lowest BCUT2D eigenvalue weighted by Gasteiger charge is -2.09. The van der Waals surface area contributed by atoms with E-state index in [0.29, 0.717) is 15.9 Å². The number of nitrogens with one attached hydrogen (secondary N) is 1. The molecule has 0 spiro atoms. The van der Waals surface area contributed by atoms with Gasteiger partial charge in [-0.1, -0.05) is 39.1 Å². The summed E-state index contributed by atoms with van der Waals surface area (Å²) in [6.07, 6.45) is 0. The number of benzene rings is 1. The fourth-order valence-corrected chi connectivity index (χ4v) is 1.91. The van der Waals surface area contributed by atoms with E-state index in [-0.39, 0.29) is 5.82 Å². The van der Waals surface area contributed by atoms with E-state index in [4.69, 9.17) is 28.9 Å². The first-order chi connectivity index (χ1) is 8.06. The molecule has 0 saturated heterocycles. The van der Waals surface area contributed by atoms with Crippen molar-refractivity contribution in [3.05, 3.63) is 44.8 Å². The van der Waals surface area contributed by atoms with Crippen molar-refractivity contribution in [2.24, 2.45) is 0 Å². The molecule has 0 amide bonds. The maximum atomic E-state index is 6.01. The molecule has 1 aromatic carbocycles. The number of nitrogen functional groups attached to an aromatic ring is 1. The molecule has 17 heavy (non-hydrogen) atoms. The zero-order valence-corrected chi connectivity index (χ0v) is 11.6. The largest absolute Gasteiger partial charge is 0.382 e. The lowest BCUT2D eigenvalue weighted by atomic mass is 10.3. The van der Waals surface area contributed by atoms with Crippen molar-refractivity contribution in [1.82, 2.24) is 4.98 Å². The van der Waals surface area contributed by atoms with Crippen LogP contribution in [0.5, 0.6) is 0 Å². The Morgan fingerprint density at radius 2 is 1.76 bits per heavy atom. The van der Waals surface area contributed by atoms with E-state index in [9.17, 15) is 0 Å². The van der Waals surface area contributed by atoms with Gasteiger partial charge in [-0.2, -0.15) is 0 Å². The molecule has 0 aliphatic heterocycles. The number of hydrogen-bond acceptors (Lipinski definition) is 3. The summed E-state index contributed by atoms with van der Waals surface area (Å²) >= 11 is 15.2. The second-order valence-corrected chi connectivity index (χ2v) is 5.05. The predicted molar refractivity (Wildman–Crippen MR) is 76.1 cm³/mol. The molecule has 6 heteroatoms. The van der Waals surface area contributed by atoms with Gasteiger partial charge in [0.25, 0.3) is 0 Å². The van der Waals surface area contributed by atoms with Crippen molar-refractivity contribution in [2.45, 2.75) is 0 Å². The Hall–Kier alpha value is -0.970. The number of nitrogens with two attached hydrogens (primary N) is 1. The second kappa shape index (κ2) is 5.12. The molecule has 0 aliphatic carbocycles. The van der Waals surface area contributed by atoms with Crippen molar-refractivity contribution in [3.63, 3.8) is 0 Å². The minimum absolute atomic E-state index is 0.246. The van der Waals surface area contributed by atoms with Crippen LogP contribution >= 0.6 is 39.1 Å². The highest BCUT2D eigenvalue weighted by molar-refractivity contribution is 9.10. The molecule has 1 aromatic heterocycles. The number of nitrogens with zero attached hydrogens (tertiary/aromatic N) is 1. The van der Waals surface area contributed by atoms with Crippen LogP contribution in [0.3, 0.4) is 0 Å². The fraction of sp³-hybridized carbons (Fsp3) is 0. The summed E-state index contributed by atoms with van der Waals surface area (Å²) in [6.45, 7) is 0. The summed E-state index contributed by atoms with van der Waals surface area (Å²) in [5, 5.41) is 3.83. The molecular formula is C11H8BrCl2N3. The molecule has 0 radical (unpaired) electrons. The van der Waals surface area contributed by atoms with Gasteiger partial charge in [0, 0.05) is 10.2 Å². The van der Waals surface area contributed by atoms with Crippen LogP contribution in [0, 0.1) is 0 Å². The van der Waals surface area contributed by atoms with Gasteiger partial charge in [-0.3, -0.25) is 0 Å². The van der Waals surface area contributed by atoms with Crippen molar-refractivity contribution >= 4 is 56.5 Å². The summed E-state index contributed by atoms with van der Waals surface area (Å²) in [4.78, 5) is 4.08. The average molecular weight is 333 g/mol. The van der Waals surface area contributed by atoms with Crippen molar-refractivity contribution in [1.29, 1.82) is 0 Å². The summed E-state index contributed by atoms with van der Waals surface area (Å²) in [7, 11) is 0. The van der Waals surface area contributed by atoms with E-state index in [1.165, 1.54) is 0 Å². The van der Waals surface area contributed by atoms with Gasteiger partial charge >= 0.3 is 0 Å². The Labute approximate surface area is 117 Å². The van der Waals surface area contributed by atoms with E-state index < -0.39 is 0 Å². The summed E-state index contributed by atoms with van der Waals surface area (Å²) in [5.74, 6) is 0.728. The van der Waals surface area contributed by atoms with Crippen LogP contribution in [0.1, 0.15) is 0 Å². The van der Waals surface area contributed by atoms with Crippen LogP contribution in [0.15, 0.2) is 34.8 Å². The fourth-order valence-electron chi connectivity index (χ4n) is 1.24. The molecule has 0 aliphatic rings. The van der Waals surface area contributed by atoms with Crippen molar-refractivity contribution < 1.29 is 0 Å². The summed E-state index contributed by atoms with van der Waals surface area (Å²) in [6, 6.07) is 9.18. The number of rotatable bonds is 2. The number of anilines is 3. The van der Waals surface area contributed by atoms with Crippen LogP contribution in [-0.2, 0) is 0 Å². The predicted octanol–water partition coefficient (Wildman–Crippen LogP) is 4.48. The van der Waals surface area contributed by atoms with Gasteiger partial charge in [0.15, 0.2) is 5.82 Å². The van der Waals surface area contributed by atoms with Crippen LogP contribution < -0.4 is 11.1 Å². The first kappa shape index (κ1) is 12.5. The third-order valence-electron chi connectivity index (χ3n) is 2.06. The summed E-state index contributed by atoms with van der Waals surface area (Å²) < 4.78 is 0.998. The molecule has 3 nitrogen and oxygen atoms in total. The maximum Gasteiger partial charge on any atom is 0.151 e. The normalized spacial score (nSPS) is 10.3. The molecule has 2 aromatic rings. The molecule has 88 valence electrons. The van der Waals surface area contributed by atoms with Gasteiger partial charge in [-0.05, 0) is 30.3 Å². The van der Waals surface area contributed by atoms with E-state index in [1.54, 1.807) is 6.07 Å². The van der Waals surface area contributed by atoms with Crippen LogP contribution in [-0.4, -0.2) is 4.98 Å². The lowest BCUT2D eigenvalue weighted by Crippen LogP contribution is -1.98. The summed E-state index contributed by atoms with van der Waals surface area (Å²) in [5.41, 5.74) is 6.48. The number of halogens is 3. The van der Waals surface area contributed by atoms with Gasteiger partial charge < -0.3 is 11.1 Å². The molecule has 0 bridgehead atoms. The Kier molecular flexibility index (Phi) is 3.76. The number of hydrogen-bond donors (Lipinski definition) is 2. The number of pyridine rings is 1. The third-order valence-corrected chi connectivity index (χ3v) is 3.18. The average Bonchev–Trinajstić information content (AvgIpc) is 2.29. The van der Waals surface area contributed by atoms with Gasteiger partial charge in [0.1, 0.15) is 5.82 Å². The van der Waals surface area contributed by atoms with E-state index in [1.807, 2.05) is 24.3 Å². The minimum atomic E-state index is 0.246. The lowest BCUT2D eigenvalue weighted by molar-refractivity contribution is 1.31. The Bertz CT molecular complexity index is 543. The zero-order valence-electron chi connectivity index (χ0n) is 8.55. The minimum Gasteiger partial charge on any atom is -0.382 e.